The molecule has 0 spiro atoms. The van der Waals surface area contributed by atoms with E-state index in [1.807, 2.05) is 19.1 Å². The van der Waals surface area contributed by atoms with E-state index in [1.165, 1.54) is 18.1 Å². The number of rotatable bonds is 6. The summed E-state index contributed by atoms with van der Waals surface area (Å²) in [5.74, 6) is 0.453. The number of nitrogens with one attached hydrogen (secondary N) is 4. The molecule has 31 heavy (non-hydrogen) atoms. The number of hydrogen-bond donors (Lipinski definition) is 4. The Morgan fingerprint density at radius 2 is 1.94 bits per heavy atom. The topological polar surface area (TPSA) is 115 Å². The van der Waals surface area contributed by atoms with Gasteiger partial charge >= 0.3 is 0 Å². The second-order valence-electron chi connectivity index (χ2n) is 7.75. The number of aromatic nitrogens is 2. The van der Waals surface area contributed by atoms with E-state index in [-0.39, 0.29) is 11.9 Å². The lowest BCUT2D eigenvalue weighted by atomic mass is 9.90. The van der Waals surface area contributed by atoms with Crippen molar-refractivity contribution >= 4 is 39.8 Å². The van der Waals surface area contributed by atoms with Crippen LogP contribution in [-0.4, -0.2) is 38.8 Å². The molecule has 0 saturated heterocycles. The number of carbonyl (C=O) groups excluding carboxylic acids is 1. The molecule has 4 N–H and O–H groups in total. The highest BCUT2D eigenvalue weighted by molar-refractivity contribution is 8.15. The highest BCUT2D eigenvalue weighted by Crippen LogP contribution is 2.44. The van der Waals surface area contributed by atoms with Gasteiger partial charge in [0.25, 0.3) is 5.91 Å². The molecule has 7 nitrogen and oxygen atoms in total. The molecular weight excluding hydrogens is 415 g/mol. The van der Waals surface area contributed by atoms with Crippen LogP contribution < -0.4 is 10.6 Å². The lowest BCUT2D eigenvalue weighted by Crippen LogP contribution is -2.45. The molecule has 4 rings (SSSR count). The van der Waals surface area contributed by atoms with E-state index in [0.717, 1.165) is 16.0 Å². The Balaban J connectivity index is 1.44. The number of fused-ring (bicyclic) bond motifs is 1. The van der Waals surface area contributed by atoms with Crippen molar-refractivity contribution < 1.29 is 9.18 Å². The molecule has 1 aliphatic carbocycles. The number of hydrogen-bond acceptors (Lipinski definition) is 7. The molecule has 0 unspecified atom stereocenters. The fourth-order valence-corrected chi connectivity index (χ4v) is 4.49. The first kappa shape index (κ1) is 21.2. The number of halogens is 1. The fourth-order valence-electron chi connectivity index (χ4n) is 3.47. The molecule has 2 aliphatic rings. The summed E-state index contributed by atoms with van der Waals surface area (Å²) in [6.07, 6.45) is 1.45. The van der Waals surface area contributed by atoms with E-state index >= 15 is 0 Å². The Kier molecular flexibility index (Phi) is 5.86. The van der Waals surface area contributed by atoms with E-state index in [9.17, 15) is 9.18 Å². The molecule has 1 fully saturated rings. The largest absolute Gasteiger partial charge is 0.365 e. The van der Waals surface area contributed by atoms with E-state index in [2.05, 4.69) is 20.6 Å². The van der Waals surface area contributed by atoms with Gasteiger partial charge in [0.05, 0.1) is 10.6 Å². The second-order valence-corrected chi connectivity index (χ2v) is 8.77. The first-order valence-electron chi connectivity index (χ1n) is 9.99. The van der Waals surface area contributed by atoms with Crippen LogP contribution in [0.5, 0.6) is 0 Å². The van der Waals surface area contributed by atoms with Crippen LogP contribution in [0.25, 0.3) is 5.57 Å². The van der Waals surface area contributed by atoms with Gasteiger partial charge in [0.15, 0.2) is 0 Å². The minimum Gasteiger partial charge on any atom is -0.365 e. The smallest absolute Gasteiger partial charge is 0.251 e. The number of nitrogens with zero attached hydrogens (tertiary/aromatic N) is 2. The minimum atomic E-state index is -0.798. The fraction of sp³-hybridized carbons (Fsp3) is 0.318. The zero-order chi connectivity index (χ0) is 22.1. The number of carbonyl (C=O) groups is 1. The Hall–Kier alpha value is -3.07. The van der Waals surface area contributed by atoms with Crippen molar-refractivity contribution in [2.75, 3.05) is 5.32 Å². The molecule has 9 heteroatoms. The van der Waals surface area contributed by atoms with Gasteiger partial charge in [0, 0.05) is 29.4 Å². The first-order chi connectivity index (χ1) is 14.8. The maximum atomic E-state index is 12.9. The van der Waals surface area contributed by atoms with Crippen molar-refractivity contribution in [2.45, 2.75) is 50.3 Å². The molecule has 2 aromatic rings. The van der Waals surface area contributed by atoms with Crippen LogP contribution in [0.2, 0.25) is 0 Å². The summed E-state index contributed by atoms with van der Waals surface area (Å²) in [5.41, 5.74) is 4.02. The number of alkyl halides is 1. The van der Waals surface area contributed by atoms with Crippen LogP contribution in [-0.2, 0) is 6.54 Å². The van der Waals surface area contributed by atoms with Crippen molar-refractivity contribution in [1.29, 1.82) is 10.8 Å². The molecule has 1 amide bonds. The number of benzene rings is 1. The lowest BCUT2D eigenvalue weighted by Gasteiger charge is -2.30. The average molecular weight is 439 g/mol. The lowest BCUT2D eigenvalue weighted by molar-refractivity contribution is 0.0860. The predicted octanol–water partition coefficient (Wildman–Crippen LogP) is 4.22. The van der Waals surface area contributed by atoms with Crippen molar-refractivity contribution in [1.82, 2.24) is 15.3 Å². The zero-order valence-corrected chi connectivity index (χ0v) is 18.1. The first-order valence-corrected chi connectivity index (χ1v) is 10.8. The highest BCUT2D eigenvalue weighted by Gasteiger charge is 2.31. The van der Waals surface area contributed by atoms with E-state index in [0.29, 0.717) is 52.8 Å². The quantitative estimate of drug-likeness (QED) is 0.504. The molecule has 1 aliphatic heterocycles. The Labute approximate surface area is 184 Å². The molecule has 0 atom stereocenters. The van der Waals surface area contributed by atoms with Crippen molar-refractivity contribution in [2.24, 2.45) is 0 Å². The maximum absolute atomic E-state index is 12.9. The second kappa shape index (κ2) is 8.58. The summed E-state index contributed by atoms with van der Waals surface area (Å²) in [4.78, 5) is 21.7. The highest BCUT2D eigenvalue weighted by atomic mass is 32.2. The van der Waals surface area contributed by atoms with Gasteiger partial charge in [0.2, 0.25) is 0 Å². The molecule has 0 radical (unpaired) electrons. The Morgan fingerprint density at radius 3 is 2.58 bits per heavy atom. The molecule has 1 saturated carbocycles. The molecule has 160 valence electrons. The van der Waals surface area contributed by atoms with Crippen LogP contribution in [0.1, 0.15) is 48.3 Å². The van der Waals surface area contributed by atoms with Crippen LogP contribution in [0.15, 0.2) is 41.1 Å². The third-order valence-corrected chi connectivity index (χ3v) is 6.50. The summed E-state index contributed by atoms with van der Waals surface area (Å²) in [6, 6.07) is 7.17. The van der Waals surface area contributed by atoms with E-state index in [1.54, 1.807) is 19.1 Å². The zero-order valence-electron chi connectivity index (χ0n) is 17.3. The van der Waals surface area contributed by atoms with Gasteiger partial charge in [-0.25, -0.2) is 14.4 Å². The third-order valence-electron chi connectivity index (χ3n) is 5.50. The molecular formula is C22H23FN6OS. The van der Waals surface area contributed by atoms with Gasteiger partial charge in [-0.15, -0.1) is 0 Å². The van der Waals surface area contributed by atoms with E-state index in [4.69, 9.17) is 10.8 Å². The van der Waals surface area contributed by atoms with Crippen molar-refractivity contribution in [3.63, 3.8) is 0 Å². The van der Waals surface area contributed by atoms with Crippen LogP contribution in [0, 0.1) is 10.8 Å². The van der Waals surface area contributed by atoms with Crippen LogP contribution >= 0.6 is 11.8 Å². The van der Waals surface area contributed by atoms with Gasteiger partial charge < -0.3 is 16.0 Å². The van der Waals surface area contributed by atoms with Crippen LogP contribution in [0.3, 0.4) is 0 Å². The monoisotopic (exact) mass is 438 g/mol. The standard InChI is InChI=1S/C22H23FN6OS/c1-11(12(2)24)17-18-19(31-20(17)25)21(28-10-27-18)26-9-13-3-5-14(6-4-13)22(30)29-16-7-15(23)8-16/h3-6,10,15-16,24-25H,7-9H2,1-2H3,(H,29,30)(H,26,27,28)/b17-11-,24-12?,25-20?. The Bertz CT molecular complexity index is 1090. The molecule has 1 aromatic heterocycles. The van der Waals surface area contributed by atoms with Crippen LogP contribution in [0.4, 0.5) is 10.2 Å². The van der Waals surface area contributed by atoms with Gasteiger partial charge in [-0.3, -0.25) is 10.2 Å². The summed E-state index contributed by atoms with van der Waals surface area (Å²) in [5, 5.41) is 22.7. The minimum absolute atomic E-state index is 0.0704. The number of allylic oxidation sites excluding steroid dienone is 1. The summed E-state index contributed by atoms with van der Waals surface area (Å²) in [6.45, 7) is 4.02. The number of amides is 1. The predicted molar refractivity (Wildman–Crippen MR) is 121 cm³/mol. The SMILES string of the molecule is CC(=N)/C(C)=C1\C(=N)Sc2c(NCc3ccc(C(=O)NC4CC(F)C4)cc3)ncnc21. The van der Waals surface area contributed by atoms with Gasteiger partial charge in [-0.2, -0.15) is 0 Å². The summed E-state index contributed by atoms with van der Waals surface area (Å²) in [7, 11) is 0. The molecule has 0 bridgehead atoms. The third kappa shape index (κ3) is 4.36. The number of anilines is 1. The van der Waals surface area contributed by atoms with E-state index < -0.39 is 6.17 Å². The molecule has 1 aromatic carbocycles. The summed E-state index contributed by atoms with van der Waals surface area (Å²) < 4.78 is 12.9. The van der Waals surface area contributed by atoms with Crippen molar-refractivity contribution in [3.8, 4) is 0 Å². The van der Waals surface area contributed by atoms with Crippen molar-refractivity contribution in [3.05, 3.63) is 53.0 Å². The average Bonchev–Trinajstić information content (AvgIpc) is 3.07. The normalized spacial score (nSPS) is 21.2. The van der Waals surface area contributed by atoms with Gasteiger partial charge in [-0.05, 0) is 50.0 Å². The summed E-state index contributed by atoms with van der Waals surface area (Å²) >= 11 is 1.29. The van der Waals surface area contributed by atoms with Gasteiger partial charge in [0.1, 0.15) is 23.4 Å². The molecule has 2 heterocycles. The maximum Gasteiger partial charge on any atom is 0.251 e. The number of thioether (sulfide) groups is 1. The Morgan fingerprint density at radius 1 is 1.23 bits per heavy atom. The van der Waals surface area contributed by atoms with Gasteiger partial charge in [-0.1, -0.05) is 23.9 Å².